The smallest absolute Gasteiger partial charge is 0.305 e. The van der Waals surface area contributed by atoms with Crippen LogP contribution in [0.15, 0.2) is 24.3 Å². The molecule has 1 unspecified atom stereocenters. The van der Waals surface area contributed by atoms with Crippen molar-refractivity contribution < 1.29 is 19.4 Å². The number of amides is 1. The highest BCUT2D eigenvalue weighted by molar-refractivity contribution is 6.30. The third-order valence-electron chi connectivity index (χ3n) is 3.73. The number of aliphatic carboxylic acids is 1. The first kappa shape index (κ1) is 16.8. The van der Waals surface area contributed by atoms with E-state index in [4.69, 9.17) is 21.4 Å². The lowest BCUT2D eigenvalue weighted by molar-refractivity contribution is -0.146. The molecule has 6 heteroatoms. The Hall–Kier alpha value is -1.59. The Morgan fingerprint density at radius 1 is 1.32 bits per heavy atom. The lowest BCUT2D eigenvalue weighted by atomic mass is 10.1. The van der Waals surface area contributed by atoms with E-state index in [0.29, 0.717) is 31.2 Å². The molecule has 0 spiro atoms. The summed E-state index contributed by atoms with van der Waals surface area (Å²) in [5.41, 5.74) is 1.14. The summed E-state index contributed by atoms with van der Waals surface area (Å²) >= 11 is 5.83. The van der Waals surface area contributed by atoms with Crippen molar-refractivity contribution >= 4 is 23.5 Å². The maximum absolute atomic E-state index is 12.3. The molecule has 0 aromatic heterocycles. The van der Waals surface area contributed by atoms with Crippen LogP contribution in [-0.2, 0) is 20.7 Å². The van der Waals surface area contributed by atoms with Crippen LogP contribution in [0.3, 0.4) is 0 Å². The minimum atomic E-state index is -0.908. The number of aryl methyl sites for hydroxylation is 1. The molecule has 1 saturated heterocycles. The molecular formula is C16H20ClNO4. The maximum Gasteiger partial charge on any atom is 0.305 e. The van der Waals surface area contributed by atoms with Gasteiger partial charge in [-0.3, -0.25) is 9.59 Å². The summed E-state index contributed by atoms with van der Waals surface area (Å²) in [6, 6.07) is 7.23. The van der Waals surface area contributed by atoms with E-state index in [9.17, 15) is 9.59 Å². The third kappa shape index (κ3) is 5.00. The van der Waals surface area contributed by atoms with Crippen LogP contribution in [0.5, 0.6) is 0 Å². The molecule has 1 atom stereocenters. The van der Waals surface area contributed by atoms with Gasteiger partial charge in [0.05, 0.1) is 25.7 Å². The molecule has 1 aromatic carbocycles. The molecule has 1 aliphatic heterocycles. The topological polar surface area (TPSA) is 66.8 Å². The number of benzene rings is 1. The number of carboxylic acid groups (broad SMARTS) is 1. The molecule has 1 N–H and O–H groups in total. The molecule has 0 aliphatic carbocycles. The van der Waals surface area contributed by atoms with Crippen molar-refractivity contribution in [3.05, 3.63) is 34.9 Å². The number of carbonyl (C=O) groups excluding carboxylic acids is 1. The highest BCUT2D eigenvalue weighted by atomic mass is 35.5. The van der Waals surface area contributed by atoms with Crippen LogP contribution in [0, 0.1) is 0 Å². The van der Waals surface area contributed by atoms with E-state index < -0.39 is 5.97 Å². The van der Waals surface area contributed by atoms with Crippen molar-refractivity contribution in [3.8, 4) is 0 Å². The Balaban J connectivity index is 1.82. The first-order valence-electron chi connectivity index (χ1n) is 7.39. The SMILES string of the molecule is O=C(O)CC1COCCN1C(=O)CCCc1ccc(Cl)cc1. The first-order chi connectivity index (χ1) is 10.6. The van der Waals surface area contributed by atoms with Crippen LogP contribution in [-0.4, -0.2) is 47.7 Å². The molecule has 1 fully saturated rings. The zero-order valence-electron chi connectivity index (χ0n) is 12.3. The Kier molecular flexibility index (Phi) is 6.21. The van der Waals surface area contributed by atoms with E-state index >= 15 is 0 Å². The van der Waals surface area contributed by atoms with Gasteiger partial charge in [0.15, 0.2) is 0 Å². The van der Waals surface area contributed by atoms with Gasteiger partial charge >= 0.3 is 5.97 Å². The molecule has 0 bridgehead atoms. The van der Waals surface area contributed by atoms with E-state index in [1.807, 2.05) is 24.3 Å². The maximum atomic E-state index is 12.3. The Bertz CT molecular complexity index is 517. The fraction of sp³-hybridized carbons (Fsp3) is 0.500. The number of halogens is 1. The summed E-state index contributed by atoms with van der Waals surface area (Å²) in [6.07, 6.45) is 1.89. The van der Waals surface area contributed by atoms with Gasteiger partial charge in [0, 0.05) is 18.0 Å². The van der Waals surface area contributed by atoms with E-state index in [1.54, 1.807) is 4.90 Å². The summed E-state index contributed by atoms with van der Waals surface area (Å²) in [5, 5.41) is 9.61. The Morgan fingerprint density at radius 3 is 2.73 bits per heavy atom. The number of carboxylic acids is 1. The zero-order valence-corrected chi connectivity index (χ0v) is 13.1. The lowest BCUT2D eigenvalue weighted by Crippen LogP contribution is -2.49. The first-order valence-corrected chi connectivity index (χ1v) is 7.77. The molecule has 1 aromatic rings. The number of nitrogens with zero attached hydrogens (tertiary/aromatic N) is 1. The van der Waals surface area contributed by atoms with Crippen LogP contribution >= 0.6 is 11.6 Å². The van der Waals surface area contributed by atoms with Gasteiger partial charge in [0.2, 0.25) is 5.91 Å². The summed E-state index contributed by atoms with van der Waals surface area (Å²) in [6.45, 7) is 1.24. The van der Waals surface area contributed by atoms with E-state index in [0.717, 1.165) is 18.4 Å². The quantitative estimate of drug-likeness (QED) is 0.872. The van der Waals surface area contributed by atoms with E-state index in [-0.39, 0.29) is 18.4 Å². The number of hydrogen-bond acceptors (Lipinski definition) is 3. The largest absolute Gasteiger partial charge is 0.481 e. The number of hydrogen-bond donors (Lipinski definition) is 1. The average molecular weight is 326 g/mol. The highest BCUT2D eigenvalue weighted by Gasteiger charge is 2.28. The summed E-state index contributed by atoms with van der Waals surface area (Å²) in [7, 11) is 0. The van der Waals surface area contributed by atoms with E-state index in [1.165, 1.54) is 0 Å². The van der Waals surface area contributed by atoms with Crippen LogP contribution in [0.2, 0.25) is 5.02 Å². The van der Waals surface area contributed by atoms with Crippen LogP contribution in [0.1, 0.15) is 24.8 Å². The molecule has 0 saturated carbocycles. The average Bonchev–Trinajstić information content (AvgIpc) is 2.49. The van der Waals surface area contributed by atoms with Gasteiger partial charge in [-0.15, -0.1) is 0 Å². The van der Waals surface area contributed by atoms with Gasteiger partial charge < -0.3 is 14.7 Å². The van der Waals surface area contributed by atoms with Gasteiger partial charge in [-0.1, -0.05) is 23.7 Å². The van der Waals surface area contributed by atoms with E-state index in [2.05, 4.69) is 0 Å². The predicted octanol–water partition coefficient (Wildman–Crippen LogP) is 2.36. The number of ether oxygens (including phenoxy) is 1. The molecule has 22 heavy (non-hydrogen) atoms. The van der Waals surface area contributed by atoms with Gasteiger partial charge in [0.25, 0.3) is 0 Å². The Morgan fingerprint density at radius 2 is 2.05 bits per heavy atom. The standard InChI is InChI=1S/C16H20ClNO4/c17-13-6-4-12(5-7-13)2-1-3-15(19)18-8-9-22-11-14(18)10-16(20)21/h4-7,14H,1-3,8-11H2,(H,20,21). The molecule has 1 amide bonds. The molecule has 0 radical (unpaired) electrons. The van der Waals surface area contributed by atoms with Crippen molar-refractivity contribution in [2.45, 2.75) is 31.7 Å². The van der Waals surface area contributed by atoms with Gasteiger partial charge in [-0.05, 0) is 30.5 Å². The zero-order chi connectivity index (χ0) is 15.9. The Labute approximate surface area is 134 Å². The fourth-order valence-corrected chi connectivity index (χ4v) is 2.72. The second-order valence-electron chi connectivity index (χ2n) is 5.39. The second-order valence-corrected chi connectivity index (χ2v) is 5.83. The van der Waals surface area contributed by atoms with Crippen LogP contribution in [0.25, 0.3) is 0 Å². The molecule has 5 nitrogen and oxygen atoms in total. The van der Waals surface area contributed by atoms with Gasteiger partial charge in [0.1, 0.15) is 0 Å². The lowest BCUT2D eigenvalue weighted by Gasteiger charge is -2.35. The summed E-state index contributed by atoms with van der Waals surface area (Å²) in [4.78, 5) is 24.8. The molecule has 120 valence electrons. The fourth-order valence-electron chi connectivity index (χ4n) is 2.59. The third-order valence-corrected chi connectivity index (χ3v) is 3.98. The summed E-state index contributed by atoms with van der Waals surface area (Å²) in [5.74, 6) is -0.905. The minimum absolute atomic E-state index is 0.00325. The van der Waals surface area contributed by atoms with Crippen molar-refractivity contribution in [1.82, 2.24) is 4.90 Å². The second kappa shape index (κ2) is 8.15. The minimum Gasteiger partial charge on any atom is -0.481 e. The van der Waals surface area contributed by atoms with Crippen molar-refractivity contribution in [2.75, 3.05) is 19.8 Å². The molecular weight excluding hydrogens is 306 g/mol. The van der Waals surface area contributed by atoms with Crippen LogP contribution < -0.4 is 0 Å². The van der Waals surface area contributed by atoms with Crippen molar-refractivity contribution in [2.24, 2.45) is 0 Å². The number of carbonyl (C=O) groups is 2. The normalized spacial score (nSPS) is 18.2. The van der Waals surface area contributed by atoms with Crippen LogP contribution in [0.4, 0.5) is 0 Å². The highest BCUT2D eigenvalue weighted by Crippen LogP contribution is 2.15. The number of morpholine rings is 1. The summed E-state index contributed by atoms with van der Waals surface area (Å²) < 4.78 is 5.28. The predicted molar refractivity (Wildman–Crippen MR) is 83.0 cm³/mol. The van der Waals surface area contributed by atoms with Crippen molar-refractivity contribution in [3.63, 3.8) is 0 Å². The number of rotatable bonds is 6. The monoisotopic (exact) mass is 325 g/mol. The molecule has 2 rings (SSSR count). The molecule has 1 heterocycles. The molecule has 1 aliphatic rings. The van der Waals surface area contributed by atoms with Gasteiger partial charge in [-0.25, -0.2) is 0 Å². The van der Waals surface area contributed by atoms with Crippen molar-refractivity contribution in [1.29, 1.82) is 0 Å². The van der Waals surface area contributed by atoms with Gasteiger partial charge in [-0.2, -0.15) is 0 Å².